The molecule has 0 saturated heterocycles. The maximum Gasteiger partial charge on any atom is 0.408 e. The van der Waals surface area contributed by atoms with Gasteiger partial charge in [-0.25, -0.2) is 4.79 Å². The summed E-state index contributed by atoms with van der Waals surface area (Å²) >= 11 is 0. The molecule has 1 rings (SSSR count). The van der Waals surface area contributed by atoms with E-state index in [4.69, 9.17) is 14.6 Å². The maximum atomic E-state index is 11.7. The normalized spacial score (nSPS) is 13.3. The van der Waals surface area contributed by atoms with E-state index in [1.807, 2.05) is 18.2 Å². The minimum Gasteiger partial charge on any atom is -0.487 e. The van der Waals surface area contributed by atoms with Crippen molar-refractivity contribution in [2.24, 2.45) is 0 Å². The molecule has 0 spiro atoms. The molecule has 0 fully saturated rings. The topological polar surface area (TPSA) is 67.8 Å². The van der Waals surface area contributed by atoms with Crippen molar-refractivity contribution in [2.45, 2.75) is 52.4 Å². The zero-order chi connectivity index (χ0) is 17.5. The molecule has 0 heterocycles. The molecular formula is C18H25NO4. The highest BCUT2D eigenvalue weighted by atomic mass is 16.6. The van der Waals surface area contributed by atoms with Crippen LogP contribution in [0, 0.1) is 11.8 Å². The van der Waals surface area contributed by atoms with E-state index in [-0.39, 0.29) is 18.8 Å². The smallest absolute Gasteiger partial charge is 0.408 e. The average Bonchev–Trinajstić information content (AvgIpc) is 2.44. The molecular weight excluding hydrogens is 294 g/mol. The van der Waals surface area contributed by atoms with Gasteiger partial charge >= 0.3 is 6.09 Å². The molecule has 1 aromatic rings. The van der Waals surface area contributed by atoms with Crippen LogP contribution in [0.1, 0.15) is 40.2 Å². The Kier molecular flexibility index (Phi) is 6.92. The third kappa shape index (κ3) is 7.57. The molecule has 1 amide bonds. The summed E-state index contributed by atoms with van der Waals surface area (Å²) in [5.41, 5.74) is 0.156. The Hall–Kier alpha value is -2.19. The van der Waals surface area contributed by atoms with Crippen LogP contribution in [0.15, 0.2) is 24.3 Å². The van der Waals surface area contributed by atoms with Crippen molar-refractivity contribution in [2.75, 3.05) is 6.61 Å². The second kappa shape index (κ2) is 8.44. The lowest BCUT2D eigenvalue weighted by atomic mass is 10.2. The molecule has 0 radical (unpaired) electrons. The SMILES string of the molecule is CC(C#Cc1ccccc1O[C@H](C)CO)NC(=O)OC(C)(C)C. The number of carbonyl (C=O) groups is 1. The van der Waals surface area contributed by atoms with Gasteiger partial charge in [0.15, 0.2) is 0 Å². The summed E-state index contributed by atoms with van der Waals surface area (Å²) in [6, 6.07) is 6.95. The fraction of sp³-hybridized carbons (Fsp3) is 0.500. The Balaban J connectivity index is 2.73. The van der Waals surface area contributed by atoms with Crippen LogP contribution in [0.2, 0.25) is 0 Å². The van der Waals surface area contributed by atoms with Crippen LogP contribution < -0.4 is 10.1 Å². The zero-order valence-electron chi connectivity index (χ0n) is 14.3. The highest BCUT2D eigenvalue weighted by Crippen LogP contribution is 2.18. The molecule has 1 aromatic carbocycles. The molecule has 1 unspecified atom stereocenters. The Morgan fingerprint density at radius 1 is 1.30 bits per heavy atom. The predicted molar refractivity (Wildman–Crippen MR) is 89.3 cm³/mol. The first-order valence-corrected chi connectivity index (χ1v) is 7.59. The quantitative estimate of drug-likeness (QED) is 0.837. The molecule has 0 saturated carbocycles. The van der Waals surface area contributed by atoms with Crippen LogP contribution >= 0.6 is 0 Å². The molecule has 0 aliphatic heterocycles. The molecule has 0 aliphatic rings. The number of benzene rings is 1. The number of hydrogen-bond donors (Lipinski definition) is 2. The number of hydrogen-bond acceptors (Lipinski definition) is 4. The van der Waals surface area contributed by atoms with Gasteiger partial charge in [0, 0.05) is 0 Å². The largest absolute Gasteiger partial charge is 0.487 e. The van der Waals surface area contributed by atoms with Crippen molar-refractivity contribution in [3.63, 3.8) is 0 Å². The molecule has 2 N–H and O–H groups in total. The summed E-state index contributed by atoms with van der Waals surface area (Å²) < 4.78 is 10.8. The molecule has 0 aliphatic carbocycles. The fourth-order valence-electron chi connectivity index (χ4n) is 1.63. The van der Waals surface area contributed by atoms with E-state index in [0.717, 1.165) is 0 Å². The minimum atomic E-state index is -0.544. The molecule has 2 atom stereocenters. The van der Waals surface area contributed by atoms with Gasteiger partial charge in [-0.15, -0.1) is 0 Å². The number of amides is 1. The van der Waals surface area contributed by atoms with E-state index >= 15 is 0 Å². The Morgan fingerprint density at radius 2 is 1.96 bits per heavy atom. The fourth-order valence-corrected chi connectivity index (χ4v) is 1.63. The average molecular weight is 319 g/mol. The number of carbonyl (C=O) groups excluding carboxylic acids is 1. The van der Waals surface area contributed by atoms with Crippen molar-refractivity contribution in [1.29, 1.82) is 0 Å². The van der Waals surface area contributed by atoms with Gasteiger partial charge in [-0.2, -0.15) is 0 Å². The van der Waals surface area contributed by atoms with E-state index in [0.29, 0.717) is 11.3 Å². The lowest BCUT2D eigenvalue weighted by Gasteiger charge is -2.20. The molecule has 5 nitrogen and oxygen atoms in total. The van der Waals surface area contributed by atoms with E-state index < -0.39 is 11.7 Å². The minimum absolute atomic E-state index is 0.0711. The first-order valence-electron chi connectivity index (χ1n) is 7.59. The van der Waals surface area contributed by atoms with Gasteiger partial charge < -0.3 is 19.9 Å². The molecule has 126 valence electrons. The summed E-state index contributed by atoms with van der Waals surface area (Å²) in [5, 5.41) is 11.7. The van der Waals surface area contributed by atoms with Crippen molar-refractivity contribution in [1.82, 2.24) is 5.32 Å². The van der Waals surface area contributed by atoms with Crippen molar-refractivity contribution in [3.05, 3.63) is 29.8 Å². The summed E-state index contributed by atoms with van der Waals surface area (Å²) in [6.45, 7) is 8.89. The van der Waals surface area contributed by atoms with Crippen molar-refractivity contribution in [3.8, 4) is 17.6 Å². The van der Waals surface area contributed by atoms with Crippen molar-refractivity contribution < 1.29 is 19.4 Å². The van der Waals surface area contributed by atoms with Gasteiger partial charge in [-0.1, -0.05) is 24.0 Å². The number of aliphatic hydroxyl groups excluding tert-OH is 1. The molecule has 23 heavy (non-hydrogen) atoms. The molecule has 0 bridgehead atoms. The van der Waals surface area contributed by atoms with Crippen LogP contribution in [-0.2, 0) is 4.74 Å². The van der Waals surface area contributed by atoms with Crippen LogP contribution in [0.4, 0.5) is 4.79 Å². The number of aliphatic hydroxyl groups is 1. The van der Waals surface area contributed by atoms with Crippen molar-refractivity contribution >= 4 is 6.09 Å². The van der Waals surface area contributed by atoms with Crippen LogP contribution in [-0.4, -0.2) is 35.6 Å². The Morgan fingerprint density at radius 3 is 2.57 bits per heavy atom. The van der Waals surface area contributed by atoms with Gasteiger partial charge in [0.1, 0.15) is 17.5 Å². The van der Waals surface area contributed by atoms with Gasteiger partial charge in [-0.05, 0) is 46.8 Å². The zero-order valence-corrected chi connectivity index (χ0v) is 14.3. The lowest BCUT2D eigenvalue weighted by molar-refractivity contribution is 0.0519. The van der Waals surface area contributed by atoms with E-state index in [1.165, 1.54) is 0 Å². The number of alkyl carbamates (subject to hydrolysis) is 1. The highest BCUT2D eigenvalue weighted by molar-refractivity contribution is 5.68. The lowest BCUT2D eigenvalue weighted by Crippen LogP contribution is -2.37. The van der Waals surface area contributed by atoms with Gasteiger partial charge in [-0.3, -0.25) is 0 Å². The standard InChI is InChI=1S/C18H25NO4/c1-13(19-17(21)23-18(3,4)5)10-11-15-8-6-7-9-16(15)22-14(2)12-20/h6-9,13-14,20H,12H2,1-5H3,(H,19,21)/t13?,14-/m1/s1. The van der Waals surface area contributed by atoms with Gasteiger partial charge in [0.25, 0.3) is 0 Å². The maximum absolute atomic E-state index is 11.7. The number of rotatable bonds is 4. The number of para-hydroxylation sites is 1. The summed E-state index contributed by atoms with van der Waals surface area (Å²) in [7, 11) is 0. The Bertz CT molecular complexity index is 581. The third-order valence-electron chi connectivity index (χ3n) is 2.63. The summed E-state index contributed by atoms with van der Waals surface area (Å²) in [4.78, 5) is 11.7. The number of ether oxygens (including phenoxy) is 2. The van der Waals surface area contributed by atoms with Crippen LogP contribution in [0.5, 0.6) is 5.75 Å². The van der Waals surface area contributed by atoms with E-state index in [9.17, 15) is 4.79 Å². The van der Waals surface area contributed by atoms with E-state index in [2.05, 4.69) is 17.2 Å². The summed E-state index contributed by atoms with van der Waals surface area (Å²) in [6.07, 6.45) is -0.812. The van der Waals surface area contributed by atoms with Gasteiger partial charge in [0.05, 0.1) is 18.2 Å². The highest BCUT2D eigenvalue weighted by Gasteiger charge is 2.16. The van der Waals surface area contributed by atoms with Crippen LogP contribution in [0.25, 0.3) is 0 Å². The van der Waals surface area contributed by atoms with Crippen LogP contribution in [0.3, 0.4) is 0 Å². The Labute approximate surface area is 138 Å². The van der Waals surface area contributed by atoms with E-state index in [1.54, 1.807) is 40.7 Å². The molecule has 5 heteroatoms. The van der Waals surface area contributed by atoms with Gasteiger partial charge in [0.2, 0.25) is 0 Å². The summed E-state index contributed by atoms with van der Waals surface area (Å²) in [5.74, 6) is 6.53. The monoisotopic (exact) mass is 319 g/mol. The second-order valence-corrected chi connectivity index (χ2v) is 6.24. The first-order chi connectivity index (χ1) is 10.7. The third-order valence-corrected chi connectivity index (χ3v) is 2.63. The number of nitrogens with one attached hydrogen (secondary N) is 1. The predicted octanol–water partition coefficient (Wildman–Crippen LogP) is 2.71. The molecule has 0 aromatic heterocycles. The first kappa shape index (κ1) is 18.9. The second-order valence-electron chi connectivity index (χ2n) is 6.24.